The van der Waals surface area contributed by atoms with Gasteiger partial charge in [0.1, 0.15) is 16.9 Å². The first kappa shape index (κ1) is 19.2. The molecule has 0 radical (unpaired) electrons. The molecule has 152 valence electrons. The van der Waals surface area contributed by atoms with E-state index in [1.807, 2.05) is 18.7 Å². The van der Waals surface area contributed by atoms with E-state index in [-0.39, 0.29) is 17.1 Å². The van der Waals surface area contributed by atoms with Crippen molar-refractivity contribution in [2.45, 2.75) is 20.4 Å². The summed E-state index contributed by atoms with van der Waals surface area (Å²) in [6.07, 6.45) is 1.14. The van der Waals surface area contributed by atoms with Crippen molar-refractivity contribution in [3.8, 4) is 0 Å². The van der Waals surface area contributed by atoms with Gasteiger partial charge in [-0.2, -0.15) is 4.98 Å². The van der Waals surface area contributed by atoms with E-state index in [9.17, 15) is 14.9 Å². The van der Waals surface area contributed by atoms with E-state index in [2.05, 4.69) is 24.8 Å². The van der Waals surface area contributed by atoms with Gasteiger partial charge in [-0.3, -0.25) is 19.8 Å². The minimum Gasteiger partial charge on any atom is -0.378 e. The van der Waals surface area contributed by atoms with Gasteiger partial charge < -0.3 is 15.6 Å². The molecule has 4 heterocycles. The van der Waals surface area contributed by atoms with Crippen molar-refractivity contribution in [1.29, 1.82) is 0 Å². The SMILES string of the molecule is Cc1sc2nc(CN3CCN(c4ncc([N+](=O)[O-])c(N)n4)CC3)[nH]c(=O)c2c1C. The van der Waals surface area contributed by atoms with E-state index >= 15 is 0 Å². The number of fused-ring (bicyclic) bond motifs is 1. The Morgan fingerprint density at radius 3 is 2.66 bits per heavy atom. The molecular formula is C17H20N8O3S. The molecule has 3 aromatic rings. The van der Waals surface area contributed by atoms with Crippen LogP contribution in [0.5, 0.6) is 0 Å². The normalized spacial score (nSPS) is 15.2. The van der Waals surface area contributed by atoms with E-state index in [0.717, 1.165) is 21.5 Å². The van der Waals surface area contributed by atoms with Crippen molar-refractivity contribution >= 4 is 39.0 Å². The number of hydrogen-bond donors (Lipinski definition) is 2. The highest BCUT2D eigenvalue weighted by Crippen LogP contribution is 2.26. The van der Waals surface area contributed by atoms with Crippen LogP contribution < -0.4 is 16.2 Å². The Labute approximate surface area is 169 Å². The number of thiophene rings is 1. The second-order valence-corrected chi connectivity index (χ2v) is 8.14. The molecular weight excluding hydrogens is 396 g/mol. The fraction of sp³-hybridized carbons (Fsp3) is 0.412. The molecule has 0 spiro atoms. The zero-order valence-electron chi connectivity index (χ0n) is 16.0. The second kappa shape index (κ2) is 7.37. The Morgan fingerprint density at radius 1 is 1.28 bits per heavy atom. The lowest BCUT2D eigenvalue weighted by Crippen LogP contribution is -2.46. The minimum atomic E-state index is -0.599. The summed E-state index contributed by atoms with van der Waals surface area (Å²) in [5.41, 5.74) is 6.26. The molecule has 0 amide bonds. The van der Waals surface area contributed by atoms with Crippen molar-refractivity contribution in [2.24, 2.45) is 0 Å². The Balaban J connectivity index is 1.44. The zero-order chi connectivity index (χ0) is 20.7. The number of aromatic amines is 1. The number of nitrogen functional groups attached to an aromatic ring is 1. The molecule has 1 aliphatic rings. The third-order valence-corrected chi connectivity index (χ3v) is 6.20. The highest BCUT2D eigenvalue weighted by atomic mass is 32.1. The van der Waals surface area contributed by atoms with E-state index in [1.54, 1.807) is 0 Å². The van der Waals surface area contributed by atoms with E-state index < -0.39 is 4.92 Å². The minimum absolute atomic E-state index is 0.0970. The number of piperazine rings is 1. The van der Waals surface area contributed by atoms with Crippen LogP contribution in [0.4, 0.5) is 17.5 Å². The van der Waals surface area contributed by atoms with Crippen LogP contribution in [-0.4, -0.2) is 55.9 Å². The average molecular weight is 416 g/mol. The van der Waals surface area contributed by atoms with E-state index in [1.165, 1.54) is 11.3 Å². The number of nitro groups is 1. The van der Waals surface area contributed by atoms with Gasteiger partial charge in [0.2, 0.25) is 11.8 Å². The topological polar surface area (TPSA) is 147 Å². The van der Waals surface area contributed by atoms with Gasteiger partial charge in [0.15, 0.2) is 0 Å². The van der Waals surface area contributed by atoms with Crippen LogP contribution in [0.2, 0.25) is 0 Å². The van der Waals surface area contributed by atoms with E-state index in [0.29, 0.717) is 49.9 Å². The smallest absolute Gasteiger partial charge is 0.329 e. The summed E-state index contributed by atoms with van der Waals surface area (Å²) >= 11 is 1.54. The van der Waals surface area contributed by atoms with Gasteiger partial charge in [-0.05, 0) is 19.4 Å². The summed E-state index contributed by atoms with van der Waals surface area (Å²) < 4.78 is 0. The maximum Gasteiger partial charge on any atom is 0.329 e. The average Bonchev–Trinajstić information content (AvgIpc) is 2.96. The Kier molecular flexibility index (Phi) is 4.88. The number of anilines is 2. The molecule has 12 heteroatoms. The quantitative estimate of drug-likeness (QED) is 0.473. The number of aryl methyl sites for hydroxylation is 2. The summed E-state index contributed by atoms with van der Waals surface area (Å²) in [4.78, 5) is 44.3. The number of nitrogens with two attached hydrogens (primary N) is 1. The van der Waals surface area contributed by atoms with Crippen LogP contribution in [0, 0.1) is 24.0 Å². The lowest BCUT2D eigenvalue weighted by molar-refractivity contribution is -0.384. The fourth-order valence-corrected chi connectivity index (χ4v) is 4.41. The molecule has 0 saturated carbocycles. The standard InChI is InChI=1S/C17H20N8O3S/c1-9-10(2)29-16-13(9)15(26)20-12(21-16)8-23-3-5-24(6-4-23)17-19-7-11(25(27)28)14(18)22-17/h7H,3-6,8H2,1-2H3,(H2,18,19,22)(H,20,21,26). The number of hydrogen-bond acceptors (Lipinski definition) is 10. The molecule has 29 heavy (non-hydrogen) atoms. The van der Waals surface area contributed by atoms with Gasteiger partial charge in [-0.25, -0.2) is 9.97 Å². The molecule has 0 aliphatic carbocycles. The largest absolute Gasteiger partial charge is 0.378 e. The molecule has 3 N–H and O–H groups in total. The molecule has 0 unspecified atom stereocenters. The summed E-state index contributed by atoms with van der Waals surface area (Å²) in [6, 6.07) is 0. The van der Waals surface area contributed by atoms with Gasteiger partial charge in [0.25, 0.3) is 5.56 Å². The van der Waals surface area contributed by atoms with Gasteiger partial charge in [0, 0.05) is 31.1 Å². The number of nitrogens with zero attached hydrogens (tertiary/aromatic N) is 6. The summed E-state index contributed by atoms with van der Waals surface area (Å²) in [5, 5.41) is 11.5. The van der Waals surface area contributed by atoms with Gasteiger partial charge in [0.05, 0.1) is 16.9 Å². The molecule has 0 atom stereocenters. The molecule has 3 aromatic heterocycles. The van der Waals surface area contributed by atoms with Gasteiger partial charge in [-0.15, -0.1) is 11.3 Å². The van der Waals surface area contributed by atoms with Gasteiger partial charge >= 0.3 is 5.69 Å². The van der Waals surface area contributed by atoms with Crippen LogP contribution in [0.15, 0.2) is 11.0 Å². The lowest BCUT2D eigenvalue weighted by Gasteiger charge is -2.34. The highest BCUT2D eigenvalue weighted by molar-refractivity contribution is 7.18. The van der Waals surface area contributed by atoms with Crippen molar-refractivity contribution in [1.82, 2.24) is 24.8 Å². The molecule has 1 fully saturated rings. The van der Waals surface area contributed by atoms with Crippen molar-refractivity contribution < 1.29 is 4.92 Å². The molecule has 11 nitrogen and oxygen atoms in total. The zero-order valence-corrected chi connectivity index (χ0v) is 16.8. The highest BCUT2D eigenvalue weighted by Gasteiger charge is 2.23. The number of rotatable bonds is 4. The summed E-state index contributed by atoms with van der Waals surface area (Å²) in [6.45, 7) is 7.18. The monoisotopic (exact) mass is 416 g/mol. The Bertz CT molecular complexity index is 1150. The number of nitrogens with one attached hydrogen (secondary N) is 1. The molecule has 4 rings (SSSR count). The van der Waals surface area contributed by atoms with Crippen molar-refractivity contribution in [2.75, 3.05) is 36.8 Å². The lowest BCUT2D eigenvalue weighted by atomic mass is 10.2. The van der Waals surface area contributed by atoms with Crippen molar-refractivity contribution in [3.63, 3.8) is 0 Å². The third kappa shape index (κ3) is 3.63. The van der Waals surface area contributed by atoms with Crippen LogP contribution >= 0.6 is 11.3 Å². The van der Waals surface area contributed by atoms with E-state index in [4.69, 9.17) is 5.73 Å². The first-order chi connectivity index (χ1) is 13.8. The van der Waals surface area contributed by atoms with Crippen LogP contribution in [-0.2, 0) is 6.54 Å². The third-order valence-electron chi connectivity index (χ3n) is 5.10. The number of H-pyrrole nitrogens is 1. The Morgan fingerprint density at radius 2 is 2.00 bits per heavy atom. The summed E-state index contributed by atoms with van der Waals surface area (Å²) in [7, 11) is 0. The fourth-order valence-electron chi connectivity index (χ4n) is 3.36. The molecule has 0 aromatic carbocycles. The summed E-state index contributed by atoms with van der Waals surface area (Å²) in [5.74, 6) is 0.886. The predicted molar refractivity (Wildman–Crippen MR) is 110 cm³/mol. The first-order valence-electron chi connectivity index (χ1n) is 9.06. The van der Waals surface area contributed by atoms with Crippen LogP contribution in [0.25, 0.3) is 10.2 Å². The first-order valence-corrected chi connectivity index (χ1v) is 9.88. The van der Waals surface area contributed by atoms with Crippen LogP contribution in [0.1, 0.15) is 16.3 Å². The van der Waals surface area contributed by atoms with Crippen LogP contribution in [0.3, 0.4) is 0 Å². The number of aromatic nitrogens is 4. The second-order valence-electron chi connectivity index (χ2n) is 6.94. The maximum absolute atomic E-state index is 12.4. The maximum atomic E-state index is 12.4. The van der Waals surface area contributed by atoms with Crippen molar-refractivity contribution in [3.05, 3.63) is 42.9 Å². The molecule has 1 aliphatic heterocycles. The molecule has 0 bridgehead atoms. The van der Waals surface area contributed by atoms with Gasteiger partial charge in [-0.1, -0.05) is 0 Å². The predicted octanol–water partition coefficient (Wildman–Crippen LogP) is 1.20. The Hall–Kier alpha value is -3.12. The molecule has 1 saturated heterocycles.